The van der Waals surface area contributed by atoms with Crippen molar-refractivity contribution in [2.24, 2.45) is 0 Å². The molecule has 13 heteroatoms. The second-order valence-electron chi connectivity index (χ2n) is 9.20. The molecule has 1 aliphatic carbocycles. The van der Waals surface area contributed by atoms with Crippen LogP contribution in [0.5, 0.6) is 0 Å². The molecule has 4 rings (SSSR count). The highest BCUT2D eigenvalue weighted by molar-refractivity contribution is 6.44. The van der Waals surface area contributed by atoms with Gasteiger partial charge in [-0.2, -0.15) is 0 Å². The Labute approximate surface area is 207 Å². The molecule has 2 aliphatic rings. The third-order valence-corrected chi connectivity index (χ3v) is 6.68. The maximum Gasteiger partial charge on any atom is 0.293 e. The number of hydrogen-bond acceptors (Lipinski definition) is 4. The van der Waals surface area contributed by atoms with Crippen molar-refractivity contribution in [1.82, 2.24) is 15.2 Å². The van der Waals surface area contributed by atoms with Gasteiger partial charge in [0.1, 0.15) is 17.1 Å². The van der Waals surface area contributed by atoms with Gasteiger partial charge in [0.2, 0.25) is 5.91 Å². The van der Waals surface area contributed by atoms with E-state index in [0.29, 0.717) is 25.1 Å². The highest BCUT2D eigenvalue weighted by atomic mass is 19.3. The molecule has 1 fully saturated rings. The molecule has 1 saturated carbocycles. The average molecular weight is 526 g/mol. The van der Waals surface area contributed by atoms with Crippen LogP contribution in [0, 0.1) is 12.7 Å². The molecule has 0 saturated heterocycles. The molecule has 8 nitrogen and oxygen atoms in total. The lowest BCUT2D eigenvalue weighted by Crippen LogP contribution is -2.69. The van der Waals surface area contributed by atoms with E-state index in [2.05, 4.69) is 16.0 Å². The van der Waals surface area contributed by atoms with E-state index >= 15 is 0 Å². The monoisotopic (exact) mass is 526 g/mol. The lowest BCUT2D eigenvalue weighted by atomic mass is 9.72. The number of anilines is 1. The van der Waals surface area contributed by atoms with E-state index in [1.165, 1.54) is 18.5 Å². The van der Waals surface area contributed by atoms with Crippen molar-refractivity contribution in [1.29, 1.82) is 0 Å². The summed E-state index contributed by atoms with van der Waals surface area (Å²) in [5.41, 5.74) is -2.52. The number of carbonyl (C=O) groups is 4. The van der Waals surface area contributed by atoms with E-state index in [-0.39, 0.29) is 22.5 Å². The number of nitrogens with zero attached hydrogens (tertiary/aromatic N) is 1. The van der Waals surface area contributed by atoms with Gasteiger partial charge in [0.25, 0.3) is 29.9 Å². The number of aromatic nitrogens is 1. The Hall–Kier alpha value is -3.77. The number of benzene rings is 1. The van der Waals surface area contributed by atoms with Crippen LogP contribution in [0.4, 0.5) is 27.6 Å². The number of carbonyl (C=O) groups excluding carboxylic acids is 4. The van der Waals surface area contributed by atoms with E-state index in [1.807, 2.05) is 0 Å². The smallest absolute Gasteiger partial charge is 0.293 e. The van der Waals surface area contributed by atoms with Crippen LogP contribution < -0.4 is 16.0 Å². The van der Waals surface area contributed by atoms with E-state index in [9.17, 15) is 41.1 Å². The van der Waals surface area contributed by atoms with Gasteiger partial charge in [0.05, 0.1) is 11.1 Å². The Morgan fingerprint density at radius 1 is 1.11 bits per heavy atom. The zero-order valence-corrected chi connectivity index (χ0v) is 19.8. The van der Waals surface area contributed by atoms with Crippen LogP contribution in [0.15, 0.2) is 18.2 Å². The van der Waals surface area contributed by atoms with Crippen LogP contribution in [0.25, 0.3) is 0 Å². The summed E-state index contributed by atoms with van der Waals surface area (Å²) in [6.07, 6.45) is -4.15. The highest BCUT2D eigenvalue weighted by Crippen LogP contribution is 2.46. The van der Waals surface area contributed by atoms with Gasteiger partial charge in [-0.1, -0.05) is 0 Å². The lowest BCUT2D eigenvalue weighted by molar-refractivity contribution is -0.164. The summed E-state index contributed by atoms with van der Waals surface area (Å²) in [5, 5.41) is 6.78. The number of fused-ring (bicyclic) bond motifs is 1. The number of halogens is 5. The summed E-state index contributed by atoms with van der Waals surface area (Å²) in [5.74, 6) is -8.30. The average Bonchev–Trinajstić information content (AvgIpc) is 3.36. The summed E-state index contributed by atoms with van der Waals surface area (Å²) >= 11 is 0. The molecule has 0 spiro atoms. The first kappa shape index (κ1) is 26.3. The highest BCUT2D eigenvalue weighted by Gasteiger charge is 2.62. The molecule has 198 valence electrons. The van der Waals surface area contributed by atoms with Crippen molar-refractivity contribution in [3.05, 3.63) is 52.1 Å². The van der Waals surface area contributed by atoms with Crippen LogP contribution in [0.2, 0.25) is 0 Å². The molecular weight excluding hydrogens is 503 g/mol. The van der Waals surface area contributed by atoms with Gasteiger partial charge in [-0.25, -0.2) is 22.0 Å². The largest absolute Gasteiger partial charge is 0.357 e. The molecule has 0 unspecified atom stereocenters. The minimum Gasteiger partial charge on any atom is -0.357 e. The van der Waals surface area contributed by atoms with Gasteiger partial charge in [-0.3, -0.25) is 19.2 Å². The summed E-state index contributed by atoms with van der Waals surface area (Å²) in [6, 6.07) is 2.69. The number of alkyl halides is 4. The summed E-state index contributed by atoms with van der Waals surface area (Å²) < 4.78 is 68.4. The number of Topliss-reactive ketones (excluding diaryl/α,β-unsaturated/α-hetero) is 1. The number of amides is 3. The van der Waals surface area contributed by atoms with Gasteiger partial charge in [-0.15, -0.1) is 0 Å². The third kappa shape index (κ3) is 4.58. The molecule has 1 aromatic carbocycles. The standard InChI is InChI=1S/C24H23F5N4O4/c1-11-16(18(34)21(36)32-23(22(37)30-2)9-24(28,29)10-23)15-4-3-7-33(15)17(11)20(35)31-12-5-6-14(25)13(8-12)19(26)27/h5-6,8,19H,3-4,7,9-10H2,1-2H3,(H,30,37)(H,31,35)(H,32,36). The van der Waals surface area contributed by atoms with Gasteiger partial charge < -0.3 is 20.5 Å². The summed E-state index contributed by atoms with van der Waals surface area (Å²) in [7, 11) is 1.22. The fourth-order valence-corrected chi connectivity index (χ4v) is 5.06. The van der Waals surface area contributed by atoms with Crippen molar-refractivity contribution >= 4 is 29.2 Å². The quantitative estimate of drug-likeness (QED) is 0.292. The molecular formula is C24H23F5N4O4. The van der Waals surface area contributed by atoms with Crippen LogP contribution in [0.1, 0.15) is 63.4 Å². The number of nitrogens with one attached hydrogen (secondary N) is 3. The van der Waals surface area contributed by atoms with E-state index in [1.54, 1.807) is 0 Å². The minimum absolute atomic E-state index is 0.00256. The Morgan fingerprint density at radius 2 is 1.78 bits per heavy atom. The Kier molecular flexibility index (Phi) is 6.59. The van der Waals surface area contributed by atoms with Crippen molar-refractivity contribution in [3.63, 3.8) is 0 Å². The molecule has 37 heavy (non-hydrogen) atoms. The first-order chi connectivity index (χ1) is 17.3. The second kappa shape index (κ2) is 9.27. The number of rotatable bonds is 7. The molecule has 0 radical (unpaired) electrons. The predicted molar refractivity (Wildman–Crippen MR) is 120 cm³/mol. The molecule has 2 heterocycles. The number of hydrogen-bond donors (Lipinski definition) is 3. The van der Waals surface area contributed by atoms with Gasteiger partial charge in [0.15, 0.2) is 0 Å². The Morgan fingerprint density at radius 3 is 2.38 bits per heavy atom. The maximum atomic E-state index is 13.6. The third-order valence-electron chi connectivity index (χ3n) is 6.68. The number of likely N-dealkylation sites (N-methyl/N-ethyl adjacent to an activating group) is 1. The first-order valence-corrected chi connectivity index (χ1v) is 11.4. The predicted octanol–water partition coefficient (Wildman–Crippen LogP) is 3.28. The fourth-order valence-electron chi connectivity index (χ4n) is 5.06. The van der Waals surface area contributed by atoms with Gasteiger partial charge >= 0.3 is 0 Å². The van der Waals surface area contributed by atoms with Crippen LogP contribution in [-0.4, -0.2) is 46.6 Å². The summed E-state index contributed by atoms with van der Waals surface area (Å²) in [4.78, 5) is 51.3. The van der Waals surface area contributed by atoms with E-state index in [4.69, 9.17) is 0 Å². The fraction of sp³-hybridized carbons (Fsp3) is 0.417. The van der Waals surface area contributed by atoms with Crippen LogP contribution in [0.3, 0.4) is 0 Å². The van der Waals surface area contributed by atoms with Crippen molar-refractivity contribution in [2.75, 3.05) is 12.4 Å². The molecule has 0 bridgehead atoms. The van der Waals surface area contributed by atoms with Crippen molar-refractivity contribution < 1.29 is 41.1 Å². The van der Waals surface area contributed by atoms with Crippen molar-refractivity contribution in [2.45, 2.75) is 57.0 Å². The molecule has 0 atom stereocenters. The zero-order chi connectivity index (χ0) is 27.3. The molecule has 3 amide bonds. The Bertz CT molecular complexity index is 1310. The van der Waals surface area contributed by atoms with Crippen LogP contribution in [-0.2, 0) is 22.6 Å². The van der Waals surface area contributed by atoms with Crippen LogP contribution >= 0.6 is 0 Å². The zero-order valence-electron chi connectivity index (χ0n) is 19.8. The Balaban J connectivity index is 1.62. The lowest BCUT2D eigenvalue weighted by Gasteiger charge is -2.45. The maximum absolute atomic E-state index is 13.6. The molecule has 1 aromatic heterocycles. The molecule has 1 aliphatic heterocycles. The topological polar surface area (TPSA) is 109 Å². The first-order valence-electron chi connectivity index (χ1n) is 11.4. The molecule has 3 N–H and O–H groups in total. The van der Waals surface area contributed by atoms with Crippen molar-refractivity contribution in [3.8, 4) is 0 Å². The minimum atomic E-state index is -3.17. The van der Waals surface area contributed by atoms with E-state index in [0.717, 1.165) is 18.2 Å². The second-order valence-corrected chi connectivity index (χ2v) is 9.20. The number of ketones is 1. The van der Waals surface area contributed by atoms with E-state index < -0.39 is 65.6 Å². The summed E-state index contributed by atoms with van der Waals surface area (Å²) in [6.45, 7) is 1.75. The van der Waals surface area contributed by atoms with Gasteiger partial charge in [-0.05, 0) is 43.5 Å². The SMILES string of the molecule is CNC(=O)C1(NC(=O)C(=O)c2c(C)c(C(=O)Nc3ccc(F)c(C(F)F)c3)n3c2CCC3)CC(F)(F)C1. The van der Waals surface area contributed by atoms with Gasteiger partial charge in [0, 0.05) is 37.8 Å². The molecule has 2 aromatic rings. The normalized spacial score (nSPS) is 17.1.